The van der Waals surface area contributed by atoms with Crippen molar-refractivity contribution < 1.29 is 23.8 Å². The molecule has 34 heavy (non-hydrogen) atoms. The van der Waals surface area contributed by atoms with Crippen molar-refractivity contribution in [2.24, 2.45) is 0 Å². The quantitative estimate of drug-likeness (QED) is 0.576. The molecule has 2 aliphatic rings. The van der Waals surface area contributed by atoms with Crippen LogP contribution in [0.15, 0.2) is 42.5 Å². The fourth-order valence-corrected chi connectivity index (χ4v) is 4.38. The fourth-order valence-electron chi connectivity index (χ4n) is 4.38. The van der Waals surface area contributed by atoms with Crippen LogP contribution in [-0.2, 0) is 22.5 Å². The highest BCUT2D eigenvalue weighted by Gasteiger charge is 2.29. The topological polar surface area (TPSA) is 90.0 Å². The van der Waals surface area contributed by atoms with Crippen molar-refractivity contribution in [2.45, 2.75) is 45.9 Å². The number of fused-ring (bicyclic) bond motifs is 3. The van der Waals surface area contributed by atoms with Gasteiger partial charge in [0.25, 0.3) is 5.91 Å². The first-order valence-electron chi connectivity index (χ1n) is 11.5. The molecule has 1 amide bonds. The summed E-state index contributed by atoms with van der Waals surface area (Å²) in [5.41, 5.74) is 3.58. The summed E-state index contributed by atoms with van der Waals surface area (Å²) in [4.78, 5) is 33.4. The normalized spacial score (nSPS) is 15.8. The van der Waals surface area contributed by atoms with Crippen molar-refractivity contribution in [3.8, 4) is 11.5 Å². The molecule has 0 saturated heterocycles. The number of esters is 1. The Hall–Kier alpha value is -3.65. The molecule has 1 unspecified atom stereocenters. The number of benzene rings is 2. The van der Waals surface area contributed by atoms with Crippen LogP contribution in [0.2, 0.25) is 0 Å². The maximum absolute atomic E-state index is 13.4. The molecule has 0 aliphatic carbocycles. The summed E-state index contributed by atoms with van der Waals surface area (Å²) in [6.45, 7) is 7.50. The SMILES string of the molecule is CC(OC(=O)c1c2c(nc3ccccc13)CCN(C(C)C)C2)C(=O)Nc1ccc2c(c1)OCO2. The molecule has 5 rings (SSSR count). The van der Waals surface area contributed by atoms with Crippen molar-refractivity contribution in [3.05, 3.63) is 59.3 Å². The van der Waals surface area contributed by atoms with Gasteiger partial charge >= 0.3 is 5.97 Å². The number of nitrogens with one attached hydrogen (secondary N) is 1. The van der Waals surface area contributed by atoms with E-state index in [4.69, 9.17) is 19.2 Å². The number of hydrogen-bond donors (Lipinski definition) is 1. The van der Waals surface area contributed by atoms with E-state index in [0.29, 0.717) is 35.3 Å². The third kappa shape index (κ3) is 4.17. The van der Waals surface area contributed by atoms with E-state index >= 15 is 0 Å². The van der Waals surface area contributed by atoms with Gasteiger partial charge in [-0.25, -0.2) is 4.79 Å². The summed E-state index contributed by atoms with van der Waals surface area (Å²) in [7, 11) is 0. The van der Waals surface area contributed by atoms with Crippen molar-refractivity contribution in [1.29, 1.82) is 0 Å². The van der Waals surface area contributed by atoms with E-state index in [-0.39, 0.29) is 6.79 Å². The van der Waals surface area contributed by atoms with Crippen LogP contribution in [0.3, 0.4) is 0 Å². The molecular formula is C26H27N3O5. The predicted octanol–water partition coefficient (Wildman–Crippen LogP) is 3.91. The van der Waals surface area contributed by atoms with E-state index in [1.54, 1.807) is 25.1 Å². The van der Waals surface area contributed by atoms with E-state index < -0.39 is 18.0 Å². The number of ether oxygens (including phenoxy) is 3. The van der Waals surface area contributed by atoms with E-state index in [9.17, 15) is 9.59 Å². The molecular weight excluding hydrogens is 434 g/mol. The van der Waals surface area contributed by atoms with Crippen molar-refractivity contribution in [1.82, 2.24) is 9.88 Å². The molecule has 176 valence electrons. The zero-order valence-electron chi connectivity index (χ0n) is 19.5. The average molecular weight is 462 g/mol. The first-order chi connectivity index (χ1) is 16.4. The Kier molecular flexibility index (Phi) is 5.83. The summed E-state index contributed by atoms with van der Waals surface area (Å²) < 4.78 is 16.3. The zero-order chi connectivity index (χ0) is 23.8. The number of anilines is 1. The van der Waals surface area contributed by atoms with Gasteiger partial charge in [-0.1, -0.05) is 18.2 Å². The van der Waals surface area contributed by atoms with Crippen LogP contribution in [0.5, 0.6) is 11.5 Å². The molecule has 0 saturated carbocycles. The van der Waals surface area contributed by atoms with Crippen LogP contribution in [-0.4, -0.2) is 47.2 Å². The van der Waals surface area contributed by atoms with Gasteiger partial charge in [0.05, 0.1) is 11.1 Å². The molecule has 2 aromatic carbocycles. The first-order valence-corrected chi connectivity index (χ1v) is 11.5. The number of nitrogens with zero attached hydrogens (tertiary/aromatic N) is 2. The minimum atomic E-state index is -0.995. The molecule has 2 aliphatic heterocycles. The van der Waals surface area contributed by atoms with Gasteiger partial charge in [-0.3, -0.25) is 14.7 Å². The molecule has 3 aromatic rings. The number of amides is 1. The van der Waals surface area contributed by atoms with Crippen molar-refractivity contribution in [3.63, 3.8) is 0 Å². The second-order valence-corrected chi connectivity index (χ2v) is 8.85. The lowest BCUT2D eigenvalue weighted by Crippen LogP contribution is -2.37. The average Bonchev–Trinajstić information content (AvgIpc) is 3.29. The number of hydrogen-bond acceptors (Lipinski definition) is 7. The number of carbonyl (C=O) groups excluding carboxylic acids is 2. The third-order valence-corrected chi connectivity index (χ3v) is 6.30. The van der Waals surface area contributed by atoms with Gasteiger partial charge in [-0.05, 0) is 39.0 Å². The largest absolute Gasteiger partial charge is 0.454 e. The highest BCUT2D eigenvalue weighted by molar-refractivity contribution is 6.06. The van der Waals surface area contributed by atoms with Crippen LogP contribution in [0.4, 0.5) is 5.69 Å². The van der Waals surface area contributed by atoms with Crippen LogP contribution in [0.1, 0.15) is 42.4 Å². The summed E-state index contributed by atoms with van der Waals surface area (Å²) in [5.74, 6) is 0.242. The summed E-state index contributed by atoms with van der Waals surface area (Å²) in [6, 6.07) is 13.0. The van der Waals surface area contributed by atoms with E-state index in [2.05, 4.69) is 24.1 Å². The Morgan fingerprint density at radius 2 is 1.88 bits per heavy atom. The van der Waals surface area contributed by atoms with Crippen LogP contribution >= 0.6 is 0 Å². The molecule has 1 N–H and O–H groups in total. The monoisotopic (exact) mass is 461 g/mol. The minimum Gasteiger partial charge on any atom is -0.454 e. The fraction of sp³-hybridized carbons (Fsp3) is 0.346. The lowest BCUT2D eigenvalue weighted by atomic mass is 9.95. The highest BCUT2D eigenvalue weighted by Crippen LogP contribution is 2.34. The van der Waals surface area contributed by atoms with Gasteiger partial charge in [-0.2, -0.15) is 0 Å². The predicted molar refractivity (Wildman–Crippen MR) is 127 cm³/mol. The summed E-state index contributed by atoms with van der Waals surface area (Å²) in [5, 5.41) is 3.51. The van der Waals surface area contributed by atoms with Gasteiger partial charge in [0.15, 0.2) is 17.6 Å². The molecule has 8 nitrogen and oxygen atoms in total. The zero-order valence-corrected chi connectivity index (χ0v) is 19.5. The van der Waals surface area contributed by atoms with Gasteiger partial charge in [0.2, 0.25) is 6.79 Å². The first kappa shape index (κ1) is 22.2. The van der Waals surface area contributed by atoms with Gasteiger partial charge < -0.3 is 19.5 Å². The minimum absolute atomic E-state index is 0.152. The number of para-hydroxylation sites is 1. The number of aromatic nitrogens is 1. The molecule has 8 heteroatoms. The Labute approximate surface area is 197 Å². The molecule has 1 atom stereocenters. The number of rotatable bonds is 5. The smallest absolute Gasteiger partial charge is 0.339 e. The molecule has 0 fully saturated rings. The maximum atomic E-state index is 13.4. The number of carbonyl (C=O) groups is 2. The Balaban J connectivity index is 1.39. The van der Waals surface area contributed by atoms with Gasteiger partial charge in [0, 0.05) is 53.9 Å². The number of pyridine rings is 1. The third-order valence-electron chi connectivity index (χ3n) is 6.30. The van der Waals surface area contributed by atoms with E-state index in [1.165, 1.54) is 0 Å². The Morgan fingerprint density at radius 3 is 2.71 bits per heavy atom. The lowest BCUT2D eigenvalue weighted by molar-refractivity contribution is -0.123. The van der Waals surface area contributed by atoms with Crippen molar-refractivity contribution >= 4 is 28.5 Å². The van der Waals surface area contributed by atoms with Gasteiger partial charge in [-0.15, -0.1) is 0 Å². The molecule has 0 bridgehead atoms. The molecule has 1 aromatic heterocycles. The molecule has 0 spiro atoms. The van der Waals surface area contributed by atoms with Gasteiger partial charge in [0.1, 0.15) is 0 Å². The maximum Gasteiger partial charge on any atom is 0.339 e. The highest BCUT2D eigenvalue weighted by atomic mass is 16.7. The lowest BCUT2D eigenvalue weighted by Gasteiger charge is -2.32. The second kappa shape index (κ2) is 8.95. The summed E-state index contributed by atoms with van der Waals surface area (Å²) in [6.07, 6.45) is -0.232. The van der Waals surface area contributed by atoms with E-state index in [0.717, 1.165) is 35.1 Å². The Bertz CT molecular complexity index is 1270. The summed E-state index contributed by atoms with van der Waals surface area (Å²) >= 11 is 0. The molecule has 3 heterocycles. The van der Waals surface area contributed by atoms with E-state index in [1.807, 2.05) is 24.3 Å². The van der Waals surface area contributed by atoms with Crippen LogP contribution in [0.25, 0.3) is 10.9 Å². The standard InChI is InChI=1S/C26H27N3O5/c1-15(2)29-11-10-21-19(13-29)24(18-6-4-5-7-20(18)28-21)26(31)34-16(3)25(30)27-17-8-9-22-23(12-17)33-14-32-22/h4-9,12,15-16H,10-11,13-14H2,1-3H3,(H,27,30). The van der Waals surface area contributed by atoms with Crippen LogP contribution in [0, 0.1) is 0 Å². The van der Waals surface area contributed by atoms with Crippen molar-refractivity contribution in [2.75, 3.05) is 18.7 Å². The van der Waals surface area contributed by atoms with Crippen LogP contribution < -0.4 is 14.8 Å². The molecule has 0 radical (unpaired) electrons. The second-order valence-electron chi connectivity index (χ2n) is 8.85. The Morgan fingerprint density at radius 1 is 1.09 bits per heavy atom.